The first-order chi connectivity index (χ1) is 26.6. The fourth-order valence-electron chi connectivity index (χ4n) is 10.3. The summed E-state index contributed by atoms with van der Waals surface area (Å²) in [6.07, 6.45) is 16.2. The molecule has 2 aromatic heterocycles. The van der Waals surface area contributed by atoms with Crippen molar-refractivity contribution in [3.63, 3.8) is 0 Å². The summed E-state index contributed by atoms with van der Waals surface area (Å²) in [5.41, 5.74) is -1.74. The van der Waals surface area contributed by atoms with Crippen LogP contribution in [0.25, 0.3) is 32.9 Å². The van der Waals surface area contributed by atoms with Crippen LogP contribution in [0.5, 0.6) is 17.6 Å². The number of ether oxygens (including phenoxy) is 4. The Kier molecular flexibility index (Phi) is 9.23. The summed E-state index contributed by atoms with van der Waals surface area (Å²) in [4.78, 5) is 18.8. The molecule has 4 saturated heterocycles. The van der Waals surface area contributed by atoms with Crippen LogP contribution in [0.15, 0.2) is 24.3 Å². The molecule has 55 heavy (non-hydrogen) atoms. The average Bonchev–Trinajstić information content (AvgIpc) is 3.71. The van der Waals surface area contributed by atoms with Crippen LogP contribution in [0.4, 0.5) is 14.6 Å². The summed E-state index contributed by atoms with van der Waals surface area (Å²) in [5.74, 6) is 0.963. The Hall–Kier alpha value is -4.35. The SMILES string of the molecule is C#Cc1c(F)ccc2cc(O)cc(-c3nc(OC)c4c(N5CCOCC(C)(O)C5)nc(OCC56CCCC5N(C5CC7CCC(C5)O7)CCC6)nc4c3F)c12. The molecule has 2 N–H and O–H groups in total. The van der Waals surface area contributed by atoms with Crippen LogP contribution >= 0.6 is 0 Å². The molecule has 4 aliphatic heterocycles. The van der Waals surface area contributed by atoms with Gasteiger partial charge in [0, 0.05) is 35.0 Å². The molecular formula is C42H47F2N5O6. The molecule has 5 fully saturated rings. The van der Waals surface area contributed by atoms with E-state index in [0.717, 1.165) is 64.3 Å². The van der Waals surface area contributed by atoms with Gasteiger partial charge in [-0.25, -0.2) is 13.8 Å². The Morgan fingerprint density at radius 1 is 1.04 bits per heavy atom. The van der Waals surface area contributed by atoms with Crippen LogP contribution < -0.4 is 14.4 Å². The third-order valence-corrected chi connectivity index (χ3v) is 12.7. The number of methoxy groups -OCH3 is 1. The molecule has 13 heteroatoms. The first-order valence-corrected chi connectivity index (χ1v) is 19.5. The Morgan fingerprint density at radius 3 is 2.62 bits per heavy atom. The molecule has 5 unspecified atom stereocenters. The molecule has 5 atom stereocenters. The van der Waals surface area contributed by atoms with Crippen molar-refractivity contribution >= 4 is 27.5 Å². The van der Waals surface area contributed by atoms with E-state index in [1.54, 1.807) is 6.92 Å². The molecule has 2 aromatic carbocycles. The number of rotatable bonds is 7. The van der Waals surface area contributed by atoms with Gasteiger partial charge < -0.3 is 34.1 Å². The Morgan fingerprint density at radius 2 is 1.84 bits per heavy atom. The van der Waals surface area contributed by atoms with Gasteiger partial charge in [0.15, 0.2) is 5.82 Å². The largest absolute Gasteiger partial charge is 0.508 e. The van der Waals surface area contributed by atoms with E-state index in [1.165, 1.54) is 31.4 Å². The molecule has 4 aromatic rings. The van der Waals surface area contributed by atoms with Crippen molar-refractivity contribution < 1.29 is 37.9 Å². The molecule has 0 amide bonds. The lowest BCUT2D eigenvalue weighted by Gasteiger charge is -2.50. The van der Waals surface area contributed by atoms with Gasteiger partial charge in [0.1, 0.15) is 39.6 Å². The third-order valence-electron chi connectivity index (χ3n) is 12.7. The number of terminal acetylenes is 1. The quantitative estimate of drug-likeness (QED) is 0.212. The lowest BCUT2D eigenvalue weighted by Crippen LogP contribution is -2.57. The van der Waals surface area contributed by atoms with Crippen LogP contribution in [0.3, 0.4) is 0 Å². The van der Waals surface area contributed by atoms with E-state index in [2.05, 4.69) is 15.8 Å². The monoisotopic (exact) mass is 755 g/mol. The topological polar surface area (TPSA) is 123 Å². The number of phenols is 1. The zero-order valence-corrected chi connectivity index (χ0v) is 31.3. The standard InChI is InChI=1S/C42H47F2N5O6/c1-4-29-31(43)11-8-24-17-26(50)20-30(33(24)29)36-35(44)37-34(39(45-36)52-3)38(48-15-16-53-22-41(2,51)21-48)47-40(46-37)54-23-42-12-5-7-32(42)49(14-6-13-42)25-18-27-9-10-28(19-25)55-27/h1,8,11,17,20,25,27-28,32,50-51H,5-7,9-10,12-16,18-19,21-23H2,2-3H3. The smallest absolute Gasteiger partial charge is 0.319 e. The molecule has 0 spiro atoms. The van der Waals surface area contributed by atoms with Crippen LogP contribution in [-0.4, -0.2) is 107 Å². The lowest BCUT2D eigenvalue weighted by molar-refractivity contribution is -0.0798. The number of aliphatic hydroxyl groups is 1. The number of phenolic OH excluding ortho intramolecular Hbond substituents is 1. The molecule has 11 nitrogen and oxygen atoms in total. The van der Waals surface area contributed by atoms with Crippen molar-refractivity contribution in [3.8, 4) is 41.2 Å². The number of aromatic hydroxyl groups is 1. The zero-order valence-electron chi connectivity index (χ0n) is 31.3. The van der Waals surface area contributed by atoms with Crippen molar-refractivity contribution in [3.05, 3.63) is 41.5 Å². The number of fused-ring (bicyclic) bond motifs is 5. The van der Waals surface area contributed by atoms with Gasteiger partial charge in [-0.2, -0.15) is 9.97 Å². The van der Waals surface area contributed by atoms with Crippen molar-refractivity contribution in [2.45, 2.75) is 94.6 Å². The maximum absolute atomic E-state index is 17.4. The Bertz CT molecular complexity index is 2180. The maximum Gasteiger partial charge on any atom is 0.319 e. The van der Waals surface area contributed by atoms with Crippen molar-refractivity contribution in [2.75, 3.05) is 51.5 Å². The van der Waals surface area contributed by atoms with Crippen molar-refractivity contribution in [1.29, 1.82) is 0 Å². The number of aromatic nitrogens is 3. The van der Waals surface area contributed by atoms with Gasteiger partial charge >= 0.3 is 6.01 Å². The summed E-state index contributed by atoms with van der Waals surface area (Å²) in [6.45, 7) is 3.98. The molecular weight excluding hydrogens is 708 g/mol. The molecule has 5 aliphatic rings. The lowest BCUT2D eigenvalue weighted by atomic mass is 9.74. The average molecular weight is 756 g/mol. The Balaban J connectivity index is 1.16. The number of pyridine rings is 1. The number of hydrogen-bond acceptors (Lipinski definition) is 11. The minimum absolute atomic E-state index is 0.00397. The second-order valence-electron chi connectivity index (χ2n) is 16.4. The van der Waals surface area contributed by atoms with Gasteiger partial charge in [0.05, 0.1) is 51.2 Å². The highest BCUT2D eigenvalue weighted by Crippen LogP contribution is 2.51. The number of likely N-dealkylation sites (tertiary alicyclic amines) is 1. The fraction of sp³-hybridized carbons (Fsp3) is 0.548. The molecule has 1 saturated carbocycles. The van der Waals surface area contributed by atoms with Crippen LogP contribution in [0.2, 0.25) is 0 Å². The van der Waals surface area contributed by atoms with E-state index in [9.17, 15) is 10.2 Å². The van der Waals surface area contributed by atoms with Gasteiger partial charge in [-0.3, -0.25) is 4.90 Å². The number of benzene rings is 2. The summed E-state index contributed by atoms with van der Waals surface area (Å²) >= 11 is 0. The second-order valence-corrected chi connectivity index (χ2v) is 16.4. The number of halogens is 2. The molecule has 1 aliphatic carbocycles. The zero-order chi connectivity index (χ0) is 38.1. The third kappa shape index (κ3) is 6.41. The van der Waals surface area contributed by atoms with Gasteiger partial charge in [-0.1, -0.05) is 18.4 Å². The fourth-order valence-corrected chi connectivity index (χ4v) is 10.3. The van der Waals surface area contributed by atoms with E-state index < -0.39 is 17.2 Å². The summed E-state index contributed by atoms with van der Waals surface area (Å²) in [5, 5.41) is 22.7. The number of anilines is 1. The molecule has 290 valence electrons. The molecule has 9 rings (SSSR count). The molecule has 6 heterocycles. The first-order valence-electron chi connectivity index (χ1n) is 19.5. The van der Waals surface area contributed by atoms with Crippen LogP contribution in [-0.2, 0) is 9.47 Å². The summed E-state index contributed by atoms with van der Waals surface area (Å²) in [7, 11) is 1.41. The van der Waals surface area contributed by atoms with Crippen LogP contribution in [0.1, 0.15) is 70.3 Å². The Labute approximate surface area is 318 Å². The van der Waals surface area contributed by atoms with Gasteiger partial charge in [-0.05, 0) is 88.4 Å². The number of nitrogens with zero attached hydrogens (tertiary/aromatic N) is 5. The van der Waals surface area contributed by atoms with Gasteiger partial charge in [0.2, 0.25) is 5.88 Å². The number of β-amino-alcohol motifs (C(OH)–C–C–N with tert-alkyl or cyclic N) is 1. The van der Waals surface area contributed by atoms with Crippen LogP contribution in [0, 0.1) is 29.4 Å². The summed E-state index contributed by atoms with van der Waals surface area (Å²) in [6, 6.07) is 6.27. The van der Waals surface area contributed by atoms with Gasteiger partial charge in [-0.15, -0.1) is 6.42 Å². The number of hydrogen-bond donors (Lipinski definition) is 2. The van der Waals surface area contributed by atoms with E-state index in [-0.39, 0.29) is 75.1 Å². The highest BCUT2D eigenvalue weighted by atomic mass is 19.1. The predicted octanol–water partition coefficient (Wildman–Crippen LogP) is 6.13. The van der Waals surface area contributed by atoms with E-state index in [0.29, 0.717) is 49.4 Å². The minimum Gasteiger partial charge on any atom is -0.508 e. The maximum atomic E-state index is 17.4. The number of piperidine rings is 1. The summed E-state index contributed by atoms with van der Waals surface area (Å²) < 4.78 is 56.8. The van der Waals surface area contributed by atoms with Gasteiger partial charge in [0.25, 0.3) is 0 Å². The first kappa shape index (κ1) is 36.3. The normalized spacial score (nSPS) is 29.6. The predicted molar refractivity (Wildman–Crippen MR) is 202 cm³/mol. The molecule has 0 radical (unpaired) electrons. The molecule has 2 bridgehead atoms. The highest BCUT2D eigenvalue weighted by molar-refractivity contribution is 6.04. The minimum atomic E-state index is -1.24. The van der Waals surface area contributed by atoms with E-state index >= 15 is 8.78 Å². The van der Waals surface area contributed by atoms with Crippen molar-refractivity contribution in [2.24, 2.45) is 5.41 Å². The highest BCUT2D eigenvalue weighted by Gasteiger charge is 2.51. The second kappa shape index (κ2) is 14.0. The van der Waals surface area contributed by atoms with E-state index in [1.807, 2.05) is 4.90 Å². The van der Waals surface area contributed by atoms with E-state index in [4.69, 9.17) is 35.3 Å². The van der Waals surface area contributed by atoms with Crippen molar-refractivity contribution in [1.82, 2.24) is 19.9 Å².